The fourth-order valence-electron chi connectivity index (χ4n) is 2.16. The maximum Gasteiger partial charge on any atom is 0.338 e. The monoisotopic (exact) mass is 373 g/mol. The normalized spacial score (nSPS) is 11.5. The Morgan fingerprint density at radius 3 is 2.26 bits per heavy atom. The van der Waals surface area contributed by atoms with Gasteiger partial charge < -0.3 is 20.2 Å². The van der Waals surface area contributed by atoms with Crippen molar-refractivity contribution in [2.24, 2.45) is 11.7 Å². The number of benzene rings is 1. The van der Waals surface area contributed by atoms with Crippen LogP contribution in [0.4, 0.5) is 10.5 Å². The van der Waals surface area contributed by atoms with Crippen LogP contribution in [-0.4, -0.2) is 29.9 Å². The maximum atomic E-state index is 12.2. The number of esters is 1. The number of furan rings is 1. The lowest BCUT2D eigenvalue weighted by molar-refractivity contribution is -0.130. The van der Waals surface area contributed by atoms with Crippen molar-refractivity contribution in [3.63, 3.8) is 0 Å². The maximum absolute atomic E-state index is 12.2. The molecule has 0 saturated carbocycles. The summed E-state index contributed by atoms with van der Waals surface area (Å²) < 4.78 is 10.2. The Morgan fingerprint density at radius 2 is 1.74 bits per heavy atom. The van der Waals surface area contributed by atoms with E-state index in [1.54, 1.807) is 19.9 Å². The summed E-state index contributed by atoms with van der Waals surface area (Å²) in [5.74, 6) is -2.21. The van der Waals surface area contributed by atoms with Crippen molar-refractivity contribution in [1.29, 1.82) is 0 Å². The number of rotatable bonds is 6. The average Bonchev–Trinajstić information content (AvgIpc) is 3.13. The molecule has 1 atom stereocenters. The Kier molecular flexibility index (Phi) is 6.32. The standard InChI is InChI=1S/C18H19N3O6/c1-10(2)14(16(23)21-18(19)25)27-17(24)11-5-7-12(8-6-11)20-15(22)13-4-3-9-26-13/h3-10,14H,1-2H3,(H,20,22)(H3,19,21,23,25). The number of nitrogens with one attached hydrogen (secondary N) is 2. The summed E-state index contributed by atoms with van der Waals surface area (Å²) in [4.78, 5) is 46.9. The van der Waals surface area contributed by atoms with Gasteiger partial charge in [0.2, 0.25) is 0 Å². The molecule has 9 nitrogen and oxygen atoms in total. The number of ether oxygens (including phenoxy) is 1. The molecule has 0 radical (unpaired) electrons. The van der Waals surface area contributed by atoms with Crippen LogP contribution in [0.25, 0.3) is 0 Å². The molecule has 2 aromatic rings. The van der Waals surface area contributed by atoms with Crippen LogP contribution in [0, 0.1) is 5.92 Å². The van der Waals surface area contributed by atoms with E-state index in [2.05, 4.69) is 5.32 Å². The third-order valence-electron chi connectivity index (χ3n) is 3.47. The van der Waals surface area contributed by atoms with Crippen LogP contribution in [0.2, 0.25) is 0 Å². The van der Waals surface area contributed by atoms with Crippen LogP contribution >= 0.6 is 0 Å². The van der Waals surface area contributed by atoms with Crippen molar-refractivity contribution < 1.29 is 28.3 Å². The van der Waals surface area contributed by atoms with Gasteiger partial charge in [-0.1, -0.05) is 13.8 Å². The van der Waals surface area contributed by atoms with Crippen molar-refractivity contribution in [3.05, 3.63) is 54.0 Å². The van der Waals surface area contributed by atoms with Gasteiger partial charge in [-0.05, 0) is 42.3 Å². The first-order valence-corrected chi connectivity index (χ1v) is 8.04. The van der Waals surface area contributed by atoms with Crippen LogP contribution < -0.4 is 16.4 Å². The van der Waals surface area contributed by atoms with Crippen LogP contribution in [0.3, 0.4) is 0 Å². The fourth-order valence-corrected chi connectivity index (χ4v) is 2.16. The SMILES string of the molecule is CC(C)C(OC(=O)c1ccc(NC(=O)c2ccco2)cc1)C(=O)NC(N)=O. The summed E-state index contributed by atoms with van der Waals surface area (Å²) in [5, 5.41) is 4.50. The molecule has 142 valence electrons. The van der Waals surface area contributed by atoms with E-state index in [1.807, 2.05) is 5.32 Å². The molecule has 0 aliphatic heterocycles. The molecule has 1 aromatic heterocycles. The van der Waals surface area contributed by atoms with Gasteiger partial charge >= 0.3 is 12.0 Å². The minimum absolute atomic E-state index is 0.152. The van der Waals surface area contributed by atoms with E-state index in [0.29, 0.717) is 5.69 Å². The zero-order valence-electron chi connectivity index (χ0n) is 14.7. The highest BCUT2D eigenvalue weighted by atomic mass is 16.5. The molecule has 9 heteroatoms. The number of anilines is 1. The Morgan fingerprint density at radius 1 is 1.07 bits per heavy atom. The first kappa shape index (κ1) is 19.7. The van der Waals surface area contributed by atoms with Gasteiger partial charge in [-0.3, -0.25) is 14.9 Å². The Hall–Kier alpha value is -3.62. The number of urea groups is 1. The predicted molar refractivity (Wildman–Crippen MR) is 94.9 cm³/mol. The summed E-state index contributed by atoms with van der Waals surface area (Å²) >= 11 is 0. The quantitative estimate of drug-likeness (QED) is 0.661. The largest absolute Gasteiger partial charge is 0.459 e. The molecule has 0 aliphatic carbocycles. The second kappa shape index (κ2) is 8.65. The van der Waals surface area contributed by atoms with Crippen LogP contribution in [0.15, 0.2) is 47.1 Å². The van der Waals surface area contributed by atoms with Crippen molar-refractivity contribution in [2.75, 3.05) is 5.32 Å². The second-order valence-electron chi connectivity index (χ2n) is 5.93. The summed E-state index contributed by atoms with van der Waals surface area (Å²) in [7, 11) is 0. The topological polar surface area (TPSA) is 141 Å². The first-order chi connectivity index (χ1) is 12.8. The Balaban J connectivity index is 2.02. The summed E-state index contributed by atoms with van der Waals surface area (Å²) in [5.41, 5.74) is 5.53. The minimum Gasteiger partial charge on any atom is -0.459 e. The van der Waals surface area contributed by atoms with Gasteiger partial charge in [-0.25, -0.2) is 9.59 Å². The van der Waals surface area contributed by atoms with E-state index in [1.165, 1.54) is 36.6 Å². The molecule has 0 saturated heterocycles. The highest BCUT2D eigenvalue weighted by molar-refractivity contribution is 6.02. The lowest BCUT2D eigenvalue weighted by atomic mass is 10.1. The molecule has 4 amide bonds. The third kappa shape index (κ3) is 5.43. The van der Waals surface area contributed by atoms with E-state index in [0.717, 1.165) is 0 Å². The molecular formula is C18H19N3O6. The van der Waals surface area contributed by atoms with Crippen molar-refractivity contribution in [3.8, 4) is 0 Å². The van der Waals surface area contributed by atoms with Crippen molar-refractivity contribution >= 4 is 29.5 Å². The highest BCUT2D eigenvalue weighted by Crippen LogP contribution is 2.15. The van der Waals surface area contributed by atoms with Gasteiger partial charge in [0.15, 0.2) is 11.9 Å². The van der Waals surface area contributed by atoms with Gasteiger partial charge in [-0.2, -0.15) is 0 Å². The van der Waals surface area contributed by atoms with Crippen molar-refractivity contribution in [2.45, 2.75) is 20.0 Å². The molecule has 4 N–H and O–H groups in total. The number of nitrogens with two attached hydrogens (primary N) is 1. The van der Waals surface area contributed by atoms with Crippen molar-refractivity contribution in [1.82, 2.24) is 5.32 Å². The fraction of sp³-hybridized carbons (Fsp3) is 0.222. The van der Waals surface area contributed by atoms with Gasteiger partial charge in [0, 0.05) is 5.69 Å². The Labute approximate surface area is 154 Å². The lowest BCUT2D eigenvalue weighted by Crippen LogP contribution is -2.45. The molecule has 27 heavy (non-hydrogen) atoms. The number of primary amides is 1. The zero-order valence-corrected chi connectivity index (χ0v) is 14.7. The molecule has 0 bridgehead atoms. The van der Waals surface area contributed by atoms with Gasteiger partial charge in [0.05, 0.1) is 11.8 Å². The lowest BCUT2D eigenvalue weighted by Gasteiger charge is -2.19. The third-order valence-corrected chi connectivity index (χ3v) is 3.47. The molecule has 2 rings (SSSR count). The van der Waals surface area contributed by atoms with Gasteiger partial charge in [0.25, 0.3) is 11.8 Å². The molecule has 1 heterocycles. The zero-order chi connectivity index (χ0) is 20.0. The van der Waals surface area contributed by atoms with E-state index in [4.69, 9.17) is 14.9 Å². The number of hydrogen-bond donors (Lipinski definition) is 3. The first-order valence-electron chi connectivity index (χ1n) is 8.04. The smallest absolute Gasteiger partial charge is 0.338 e. The van der Waals surface area contributed by atoms with Crippen LogP contribution in [-0.2, 0) is 9.53 Å². The average molecular weight is 373 g/mol. The van der Waals surface area contributed by atoms with E-state index < -0.39 is 29.9 Å². The van der Waals surface area contributed by atoms with E-state index >= 15 is 0 Å². The Bertz CT molecular complexity index is 827. The summed E-state index contributed by atoms with van der Waals surface area (Å²) in [6.07, 6.45) is 0.205. The van der Waals surface area contributed by atoms with E-state index in [-0.39, 0.29) is 17.2 Å². The molecule has 0 aliphatic rings. The molecular weight excluding hydrogens is 354 g/mol. The predicted octanol–water partition coefficient (Wildman–Crippen LogP) is 1.91. The molecule has 0 spiro atoms. The molecule has 1 aromatic carbocycles. The van der Waals surface area contributed by atoms with E-state index in [9.17, 15) is 19.2 Å². The van der Waals surface area contributed by atoms with Gasteiger partial charge in [-0.15, -0.1) is 0 Å². The van der Waals surface area contributed by atoms with Gasteiger partial charge in [0.1, 0.15) is 0 Å². The number of carbonyl (C=O) groups excluding carboxylic acids is 4. The van der Waals surface area contributed by atoms with Crippen LogP contribution in [0.1, 0.15) is 34.8 Å². The number of imide groups is 1. The summed E-state index contributed by atoms with van der Waals surface area (Å²) in [6.45, 7) is 3.32. The van der Waals surface area contributed by atoms with Crippen LogP contribution in [0.5, 0.6) is 0 Å². The molecule has 1 unspecified atom stereocenters. The number of hydrogen-bond acceptors (Lipinski definition) is 6. The summed E-state index contributed by atoms with van der Waals surface area (Å²) in [6, 6.07) is 7.96. The highest BCUT2D eigenvalue weighted by Gasteiger charge is 2.27. The number of amides is 4. The number of carbonyl (C=O) groups is 4. The minimum atomic E-state index is -1.18. The molecule has 0 fully saturated rings. The second-order valence-corrected chi connectivity index (χ2v) is 5.93.